The van der Waals surface area contributed by atoms with E-state index in [0.29, 0.717) is 17.8 Å². The summed E-state index contributed by atoms with van der Waals surface area (Å²) in [6.07, 6.45) is 0.456. The lowest BCUT2D eigenvalue weighted by atomic mass is 10.2. The molecule has 162 valence electrons. The van der Waals surface area contributed by atoms with Gasteiger partial charge >= 0.3 is 12.0 Å². The molecular weight excluding hydrogens is 398 g/mol. The van der Waals surface area contributed by atoms with Gasteiger partial charge in [-0.05, 0) is 44.5 Å². The number of imide groups is 1. The van der Waals surface area contributed by atoms with E-state index < -0.39 is 24.0 Å². The third kappa shape index (κ3) is 5.63. The van der Waals surface area contributed by atoms with Crippen molar-refractivity contribution in [1.29, 1.82) is 0 Å². The lowest BCUT2D eigenvalue weighted by Crippen LogP contribution is -2.44. The Bertz CT molecular complexity index is 1050. The molecule has 8 nitrogen and oxygen atoms in total. The fourth-order valence-electron chi connectivity index (χ4n) is 3.12. The molecule has 0 spiro atoms. The molecule has 0 aliphatic carbocycles. The molecule has 31 heavy (non-hydrogen) atoms. The minimum Gasteiger partial charge on any atom is -0.467 e. The molecule has 0 unspecified atom stereocenters. The first-order chi connectivity index (χ1) is 14.8. The molecule has 2 heterocycles. The van der Waals surface area contributed by atoms with E-state index in [9.17, 15) is 14.4 Å². The monoisotopic (exact) mass is 423 g/mol. The maximum absolute atomic E-state index is 12.6. The third-order valence-electron chi connectivity index (χ3n) is 4.87. The lowest BCUT2D eigenvalue weighted by molar-refractivity contribution is -0.127. The zero-order valence-electron chi connectivity index (χ0n) is 17.7. The molecule has 0 aliphatic rings. The summed E-state index contributed by atoms with van der Waals surface area (Å²) in [5.41, 5.74) is 2.82. The second-order valence-electron chi connectivity index (χ2n) is 7.16. The number of carbonyl (C=O) groups is 3. The average Bonchev–Trinajstić information content (AvgIpc) is 3.36. The van der Waals surface area contributed by atoms with Crippen LogP contribution in [0.3, 0.4) is 0 Å². The van der Waals surface area contributed by atoms with Gasteiger partial charge in [0.05, 0.1) is 18.4 Å². The molecule has 0 saturated carbocycles. The third-order valence-corrected chi connectivity index (χ3v) is 4.87. The molecule has 1 aromatic carbocycles. The van der Waals surface area contributed by atoms with E-state index >= 15 is 0 Å². The van der Waals surface area contributed by atoms with E-state index in [0.717, 1.165) is 17.0 Å². The molecule has 3 amide bonds. The van der Waals surface area contributed by atoms with Crippen molar-refractivity contribution in [1.82, 2.24) is 15.2 Å². The predicted octanol–water partition coefficient (Wildman–Crippen LogP) is 3.32. The Morgan fingerprint density at radius 3 is 2.52 bits per heavy atom. The highest BCUT2D eigenvalue weighted by atomic mass is 16.5. The van der Waals surface area contributed by atoms with Gasteiger partial charge in [-0.3, -0.25) is 10.1 Å². The standard InChI is InChI=1S/C23H25N3O5/c1-15-12-20(16(2)26(15)14-19-10-7-11-30-19)22(28)31-17(3)21(27)25-23(29)24-13-18-8-5-4-6-9-18/h4-12,17H,13-14H2,1-3H3,(H2,24,25,27,29)/t17-/m1/s1. The van der Waals surface area contributed by atoms with E-state index in [-0.39, 0.29) is 6.54 Å². The van der Waals surface area contributed by atoms with Crippen molar-refractivity contribution in [3.05, 3.63) is 83.1 Å². The summed E-state index contributed by atoms with van der Waals surface area (Å²) in [4.78, 5) is 36.8. The Kier molecular flexibility index (Phi) is 6.92. The van der Waals surface area contributed by atoms with Crippen LogP contribution >= 0.6 is 0 Å². The molecule has 0 bridgehead atoms. The van der Waals surface area contributed by atoms with E-state index in [1.54, 1.807) is 25.3 Å². The van der Waals surface area contributed by atoms with Crippen LogP contribution in [-0.2, 0) is 22.6 Å². The Balaban J connectivity index is 1.54. The Morgan fingerprint density at radius 2 is 1.84 bits per heavy atom. The van der Waals surface area contributed by atoms with Crippen LogP contribution in [0, 0.1) is 13.8 Å². The fraction of sp³-hybridized carbons (Fsp3) is 0.261. The number of aromatic nitrogens is 1. The van der Waals surface area contributed by atoms with E-state index in [2.05, 4.69) is 10.6 Å². The highest BCUT2D eigenvalue weighted by molar-refractivity contribution is 5.98. The number of hydrogen-bond donors (Lipinski definition) is 2. The van der Waals surface area contributed by atoms with Crippen molar-refractivity contribution >= 4 is 17.9 Å². The summed E-state index contributed by atoms with van der Waals surface area (Å²) in [7, 11) is 0. The van der Waals surface area contributed by atoms with Gasteiger partial charge in [0.1, 0.15) is 5.76 Å². The number of aryl methyl sites for hydroxylation is 1. The van der Waals surface area contributed by atoms with Gasteiger partial charge in [-0.25, -0.2) is 9.59 Å². The first-order valence-electron chi connectivity index (χ1n) is 9.88. The van der Waals surface area contributed by atoms with Crippen molar-refractivity contribution < 1.29 is 23.5 Å². The normalized spacial score (nSPS) is 11.6. The zero-order valence-corrected chi connectivity index (χ0v) is 17.7. The van der Waals surface area contributed by atoms with Gasteiger partial charge in [0.2, 0.25) is 0 Å². The number of rotatable bonds is 7. The van der Waals surface area contributed by atoms with Crippen molar-refractivity contribution in [2.75, 3.05) is 0 Å². The van der Waals surface area contributed by atoms with Crippen molar-refractivity contribution in [3.8, 4) is 0 Å². The van der Waals surface area contributed by atoms with Crippen LogP contribution in [0.25, 0.3) is 0 Å². The highest BCUT2D eigenvalue weighted by Gasteiger charge is 2.24. The number of carbonyl (C=O) groups excluding carboxylic acids is 3. The number of urea groups is 1. The van der Waals surface area contributed by atoms with Gasteiger partial charge in [-0.2, -0.15) is 0 Å². The lowest BCUT2D eigenvalue weighted by Gasteiger charge is -2.14. The molecule has 2 N–H and O–H groups in total. The van der Waals surface area contributed by atoms with Crippen LogP contribution in [0.5, 0.6) is 0 Å². The SMILES string of the molecule is Cc1cc(C(=O)O[C@H](C)C(=O)NC(=O)NCc2ccccc2)c(C)n1Cc1ccco1. The Labute approximate surface area is 180 Å². The Morgan fingerprint density at radius 1 is 1.10 bits per heavy atom. The quantitative estimate of drug-likeness (QED) is 0.568. The molecule has 2 aromatic heterocycles. The molecule has 3 rings (SSSR count). The second kappa shape index (κ2) is 9.80. The number of hydrogen-bond acceptors (Lipinski definition) is 5. The van der Waals surface area contributed by atoms with Gasteiger partial charge in [0, 0.05) is 17.9 Å². The van der Waals surface area contributed by atoms with Crippen LogP contribution in [0.2, 0.25) is 0 Å². The first kappa shape index (κ1) is 21.9. The zero-order chi connectivity index (χ0) is 22.4. The van der Waals surface area contributed by atoms with Crippen LogP contribution in [0.15, 0.2) is 59.2 Å². The molecule has 0 saturated heterocycles. The summed E-state index contributed by atoms with van der Waals surface area (Å²) in [5, 5.41) is 4.77. The number of amides is 3. The smallest absolute Gasteiger partial charge is 0.340 e. The maximum atomic E-state index is 12.6. The summed E-state index contributed by atoms with van der Waals surface area (Å²) in [6.45, 7) is 5.85. The van der Waals surface area contributed by atoms with Crippen LogP contribution in [0.4, 0.5) is 4.79 Å². The first-order valence-corrected chi connectivity index (χ1v) is 9.88. The minimum absolute atomic E-state index is 0.274. The van der Waals surface area contributed by atoms with Crippen LogP contribution < -0.4 is 10.6 Å². The molecule has 3 aromatic rings. The topological polar surface area (TPSA) is 103 Å². The van der Waals surface area contributed by atoms with Crippen LogP contribution in [0.1, 0.15) is 40.0 Å². The molecule has 0 fully saturated rings. The summed E-state index contributed by atoms with van der Waals surface area (Å²) in [5.74, 6) is -0.578. The Hall–Kier alpha value is -3.81. The molecule has 0 aliphatic heterocycles. The summed E-state index contributed by atoms with van der Waals surface area (Å²) in [6, 6.07) is 14.0. The van der Waals surface area contributed by atoms with Crippen molar-refractivity contribution in [2.45, 2.75) is 40.0 Å². The highest BCUT2D eigenvalue weighted by Crippen LogP contribution is 2.19. The second-order valence-corrected chi connectivity index (χ2v) is 7.16. The number of benzene rings is 1. The number of nitrogens with one attached hydrogen (secondary N) is 2. The predicted molar refractivity (Wildman–Crippen MR) is 113 cm³/mol. The fourth-order valence-corrected chi connectivity index (χ4v) is 3.12. The van der Waals surface area contributed by atoms with Crippen molar-refractivity contribution in [3.63, 3.8) is 0 Å². The van der Waals surface area contributed by atoms with Gasteiger partial charge in [0.25, 0.3) is 5.91 Å². The van der Waals surface area contributed by atoms with Crippen molar-refractivity contribution in [2.24, 2.45) is 0 Å². The van der Waals surface area contributed by atoms with Gasteiger partial charge in [-0.15, -0.1) is 0 Å². The molecule has 8 heteroatoms. The van der Waals surface area contributed by atoms with Gasteiger partial charge in [0.15, 0.2) is 6.10 Å². The molecular formula is C23H25N3O5. The maximum Gasteiger partial charge on any atom is 0.340 e. The molecule has 1 atom stereocenters. The largest absolute Gasteiger partial charge is 0.467 e. The number of furan rings is 1. The summed E-state index contributed by atoms with van der Waals surface area (Å²) < 4.78 is 12.6. The van der Waals surface area contributed by atoms with Gasteiger partial charge in [-0.1, -0.05) is 30.3 Å². The number of ether oxygens (including phenoxy) is 1. The minimum atomic E-state index is -1.14. The number of esters is 1. The average molecular weight is 423 g/mol. The van der Waals surface area contributed by atoms with Gasteiger partial charge < -0.3 is 19.0 Å². The van der Waals surface area contributed by atoms with E-state index in [4.69, 9.17) is 9.15 Å². The van der Waals surface area contributed by atoms with E-state index in [1.807, 2.05) is 47.9 Å². The number of nitrogens with zero attached hydrogens (tertiary/aromatic N) is 1. The van der Waals surface area contributed by atoms with Crippen LogP contribution in [-0.4, -0.2) is 28.6 Å². The molecule has 0 radical (unpaired) electrons. The van der Waals surface area contributed by atoms with E-state index in [1.165, 1.54) is 6.92 Å². The summed E-state index contributed by atoms with van der Waals surface area (Å²) >= 11 is 0.